The number of benzene rings is 1. The first kappa shape index (κ1) is 18.5. The van der Waals surface area contributed by atoms with E-state index in [1.54, 1.807) is 48.4 Å². The summed E-state index contributed by atoms with van der Waals surface area (Å²) in [5.41, 5.74) is 0.928. The normalized spacial score (nSPS) is 14.3. The van der Waals surface area contributed by atoms with Crippen LogP contribution in [0.4, 0.5) is 11.5 Å². The molecule has 1 aromatic heterocycles. The van der Waals surface area contributed by atoms with Crippen molar-refractivity contribution in [2.75, 3.05) is 36.4 Å². The van der Waals surface area contributed by atoms with Gasteiger partial charge in [0.15, 0.2) is 0 Å². The van der Waals surface area contributed by atoms with Gasteiger partial charge in [-0.1, -0.05) is 29.3 Å². The van der Waals surface area contributed by atoms with Gasteiger partial charge in [0.2, 0.25) is 5.91 Å². The Hall–Kier alpha value is -2.31. The van der Waals surface area contributed by atoms with Crippen molar-refractivity contribution >= 4 is 46.5 Å². The summed E-state index contributed by atoms with van der Waals surface area (Å²) in [6, 6.07) is 8.44. The van der Waals surface area contributed by atoms with E-state index in [1.165, 1.54) is 0 Å². The minimum atomic E-state index is -0.291. The Morgan fingerprint density at radius 3 is 2.54 bits per heavy atom. The Bertz CT molecular complexity index is 836. The number of nitrogens with zero attached hydrogens (tertiary/aromatic N) is 3. The van der Waals surface area contributed by atoms with Crippen LogP contribution in [0, 0.1) is 0 Å². The first-order valence-corrected chi connectivity index (χ1v) is 8.93. The summed E-state index contributed by atoms with van der Waals surface area (Å²) in [4.78, 5) is 32.2. The molecule has 1 N–H and O–H groups in total. The van der Waals surface area contributed by atoms with Crippen LogP contribution in [0.3, 0.4) is 0 Å². The lowest BCUT2D eigenvalue weighted by Crippen LogP contribution is -2.48. The molecule has 6 nitrogen and oxygen atoms in total. The third kappa shape index (κ3) is 4.08. The molecule has 8 heteroatoms. The molecule has 1 aromatic carbocycles. The fraction of sp³-hybridized carbons (Fsp3) is 0.278. The number of anilines is 2. The van der Waals surface area contributed by atoms with Crippen molar-refractivity contribution in [1.82, 2.24) is 9.88 Å². The summed E-state index contributed by atoms with van der Waals surface area (Å²) in [5.74, 6) is 0.488. The number of aromatic nitrogens is 1. The lowest BCUT2D eigenvalue weighted by atomic mass is 10.2. The van der Waals surface area contributed by atoms with Crippen LogP contribution in [0.5, 0.6) is 0 Å². The molecule has 0 aliphatic carbocycles. The quantitative estimate of drug-likeness (QED) is 0.869. The number of carbonyl (C=O) groups excluding carboxylic acids is 2. The van der Waals surface area contributed by atoms with Crippen molar-refractivity contribution in [3.05, 3.63) is 52.1 Å². The number of hydrogen-bond donors (Lipinski definition) is 1. The molecule has 2 amide bonds. The van der Waals surface area contributed by atoms with E-state index in [0.717, 1.165) is 0 Å². The van der Waals surface area contributed by atoms with Gasteiger partial charge in [-0.25, -0.2) is 4.98 Å². The standard InChI is InChI=1S/C18H18Cl2N4O2/c1-12(25)23-7-9-24(10-8-23)16-11-13(5-6-21-16)18(26)22-15-4-2-3-14(19)17(15)20/h2-6,11H,7-10H2,1H3,(H,22,26). The molecule has 3 rings (SSSR count). The molecule has 1 saturated heterocycles. The van der Waals surface area contributed by atoms with Crippen molar-refractivity contribution in [2.45, 2.75) is 6.92 Å². The fourth-order valence-corrected chi connectivity index (χ4v) is 3.13. The number of piperazine rings is 1. The van der Waals surface area contributed by atoms with E-state index in [1.807, 2.05) is 0 Å². The predicted molar refractivity (Wildman–Crippen MR) is 103 cm³/mol. The number of amides is 2. The summed E-state index contributed by atoms with van der Waals surface area (Å²) >= 11 is 12.1. The van der Waals surface area contributed by atoms with E-state index in [0.29, 0.717) is 53.3 Å². The van der Waals surface area contributed by atoms with E-state index in [-0.39, 0.29) is 11.8 Å². The Labute approximate surface area is 161 Å². The van der Waals surface area contributed by atoms with Crippen LogP contribution in [-0.4, -0.2) is 47.9 Å². The van der Waals surface area contributed by atoms with E-state index < -0.39 is 0 Å². The number of rotatable bonds is 3. The summed E-state index contributed by atoms with van der Waals surface area (Å²) < 4.78 is 0. The number of nitrogens with one attached hydrogen (secondary N) is 1. The average molecular weight is 393 g/mol. The Kier molecular flexibility index (Phi) is 5.64. The van der Waals surface area contributed by atoms with Gasteiger partial charge in [0.25, 0.3) is 5.91 Å². The molecular formula is C18H18Cl2N4O2. The molecule has 0 radical (unpaired) electrons. The van der Waals surface area contributed by atoms with Gasteiger partial charge in [-0.2, -0.15) is 0 Å². The minimum absolute atomic E-state index is 0.0733. The van der Waals surface area contributed by atoms with E-state index >= 15 is 0 Å². The maximum Gasteiger partial charge on any atom is 0.255 e. The molecule has 2 aromatic rings. The molecule has 1 aliphatic rings. The summed E-state index contributed by atoms with van der Waals surface area (Å²) in [6.45, 7) is 4.21. The van der Waals surface area contributed by atoms with Gasteiger partial charge in [0, 0.05) is 44.9 Å². The minimum Gasteiger partial charge on any atom is -0.353 e. The zero-order chi connectivity index (χ0) is 18.7. The van der Waals surface area contributed by atoms with E-state index in [2.05, 4.69) is 15.2 Å². The molecule has 1 aliphatic heterocycles. The lowest BCUT2D eigenvalue weighted by molar-refractivity contribution is -0.129. The zero-order valence-corrected chi connectivity index (χ0v) is 15.7. The molecule has 2 heterocycles. The molecule has 1 fully saturated rings. The maximum absolute atomic E-state index is 12.5. The first-order valence-electron chi connectivity index (χ1n) is 8.17. The molecule has 136 valence electrons. The Morgan fingerprint density at radius 1 is 1.12 bits per heavy atom. The second-order valence-corrected chi connectivity index (χ2v) is 6.74. The monoisotopic (exact) mass is 392 g/mol. The number of pyridine rings is 1. The second kappa shape index (κ2) is 7.93. The van der Waals surface area contributed by atoms with Crippen molar-refractivity contribution < 1.29 is 9.59 Å². The smallest absolute Gasteiger partial charge is 0.255 e. The van der Waals surface area contributed by atoms with Crippen molar-refractivity contribution in [2.24, 2.45) is 0 Å². The van der Waals surface area contributed by atoms with Gasteiger partial charge in [-0.05, 0) is 24.3 Å². The van der Waals surface area contributed by atoms with Gasteiger partial charge in [-0.15, -0.1) is 0 Å². The van der Waals surface area contributed by atoms with Crippen LogP contribution in [-0.2, 0) is 4.79 Å². The molecule has 26 heavy (non-hydrogen) atoms. The van der Waals surface area contributed by atoms with Crippen LogP contribution in [0.25, 0.3) is 0 Å². The number of halogens is 2. The highest BCUT2D eigenvalue weighted by atomic mass is 35.5. The fourth-order valence-electron chi connectivity index (χ4n) is 2.78. The van der Waals surface area contributed by atoms with E-state index in [4.69, 9.17) is 23.2 Å². The highest BCUT2D eigenvalue weighted by Crippen LogP contribution is 2.30. The Balaban J connectivity index is 1.72. The second-order valence-electron chi connectivity index (χ2n) is 5.95. The van der Waals surface area contributed by atoms with Crippen molar-refractivity contribution in [1.29, 1.82) is 0 Å². The van der Waals surface area contributed by atoms with Gasteiger partial charge in [-0.3, -0.25) is 9.59 Å². The van der Waals surface area contributed by atoms with Gasteiger partial charge in [0.05, 0.1) is 15.7 Å². The van der Waals surface area contributed by atoms with Crippen LogP contribution in [0.15, 0.2) is 36.5 Å². The van der Waals surface area contributed by atoms with E-state index in [9.17, 15) is 9.59 Å². The zero-order valence-electron chi connectivity index (χ0n) is 14.2. The van der Waals surface area contributed by atoms with Gasteiger partial charge < -0.3 is 15.1 Å². The topological polar surface area (TPSA) is 65.5 Å². The molecule has 0 spiro atoms. The maximum atomic E-state index is 12.5. The lowest BCUT2D eigenvalue weighted by Gasteiger charge is -2.35. The summed E-state index contributed by atoms with van der Waals surface area (Å²) in [6.07, 6.45) is 1.60. The van der Waals surface area contributed by atoms with Gasteiger partial charge >= 0.3 is 0 Å². The highest BCUT2D eigenvalue weighted by molar-refractivity contribution is 6.44. The average Bonchev–Trinajstić information content (AvgIpc) is 2.65. The van der Waals surface area contributed by atoms with Crippen molar-refractivity contribution in [3.63, 3.8) is 0 Å². The number of hydrogen-bond acceptors (Lipinski definition) is 4. The summed E-state index contributed by atoms with van der Waals surface area (Å²) in [7, 11) is 0. The third-order valence-electron chi connectivity index (χ3n) is 4.26. The Morgan fingerprint density at radius 2 is 1.85 bits per heavy atom. The van der Waals surface area contributed by atoms with Crippen LogP contribution in [0.1, 0.15) is 17.3 Å². The molecule has 0 unspecified atom stereocenters. The largest absolute Gasteiger partial charge is 0.353 e. The predicted octanol–water partition coefficient (Wildman–Crippen LogP) is 3.31. The van der Waals surface area contributed by atoms with Crippen LogP contribution < -0.4 is 10.2 Å². The van der Waals surface area contributed by atoms with Crippen LogP contribution >= 0.6 is 23.2 Å². The molecule has 0 atom stereocenters. The number of carbonyl (C=O) groups is 2. The third-order valence-corrected chi connectivity index (χ3v) is 5.08. The van der Waals surface area contributed by atoms with Crippen molar-refractivity contribution in [3.8, 4) is 0 Å². The molecule has 0 saturated carbocycles. The summed E-state index contributed by atoms with van der Waals surface area (Å²) in [5, 5.41) is 3.45. The highest BCUT2D eigenvalue weighted by Gasteiger charge is 2.20. The molecular weight excluding hydrogens is 375 g/mol. The van der Waals surface area contributed by atoms with Gasteiger partial charge in [0.1, 0.15) is 5.82 Å². The molecule has 0 bridgehead atoms. The van der Waals surface area contributed by atoms with Crippen LogP contribution in [0.2, 0.25) is 10.0 Å². The first-order chi connectivity index (χ1) is 12.5. The SMILES string of the molecule is CC(=O)N1CCN(c2cc(C(=O)Nc3cccc(Cl)c3Cl)ccn2)CC1.